The highest BCUT2D eigenvalue weighted by Gasteiger charge is 2.31. The van der Waals surface area contributed by atoms with Crippen LogP contribution in [0, 0.1) is 0 Å². The Hall–Kier alpha value is -7.84. The van der Waals surface area contributed by atoms with Crippen LogP contribution in [-0.2, 0) is 31.1 Å². The van der Waals surface area contributed by atoms with Crippen molar-refractivity contribution in [3.05, 3.63) is 240 Å². The molecule has 0 radical (unpaired) electrons. The van der Waals surface area contributed by atoms with Crippen molar-refractivity contribution >= 4 is 23.9 Å². The van der Waals surface area contributed by atoms with Gasteiger partial charge in [0.15, 0.2) is 0 Å². The number of para-hydroxylation sites is 2. The predicted octanol–water partition coefficient (Wildman–Crippen LogP) is 11.8. The van der Waals surface area contributed by atoms with Crippen molar-refractivity contribution in [2.24, 2.45) is 0 Å². The minimum atomic E-state index is -0.737. The Balaban J connectivity index is 1.25. The molecule has 0 aliphatic rings. The Morgan fingerprint density at radius 1 is 0.413 bits per heavy atom. The molecule has 316 valence electrons. The van der Waals surface area contributed by atoms with Crippen LogP contribution in [0.5, 0.6) is 23.0 Å². The van der Waals surface area contributed by atoms with Gasteiger partial charge in [0.25, 0.3) is 0 Å². The maximum absolute atomic E-state index is 13.8. The SMILES string of the molecule is C=CCc1ccccc1OC(=O)c1cccc(C(=O)Oc2cccc(C(C)(C)c3cccc(OC(=O)c4cccc(C(=O)Oc5ccccc5CC=C)c4)c3CC=C)c2CC=C)c1. The standard InChI is InChI=1S/C55H48O8/c1-7-19-37-23-11-13-31-47(37)60-51(56)39-25-15-27-41(35-39)53(58)62-49-33-17-29-45(43(49)21-9-3)55(5,6)46-30-18-34-50(44(46)22-10-4)63-54(59)42-28-16-26-40(36-42)52(57)61-48-32-14-12-24-38(48)20-8-2/h7-18,23-36H,1-4,19-22H2,5-6H3. The average Bonchev–Trinajstić information content (AvgIpc) is 3.29. The lowest BCUT2D eigenvalue weighted by Gasteiger charge is -2.32. The van der Waals surface area contributed by atoms with Crippen LogP contribution < -0.4 is 18.9 Å². The number of esters is 4. The van der Waals surface area contributed by atoms with E-state index in [4.69, 9.17) is 18.9 Å². The van der Waals surface area contributed by atoms with Crippen LogP contribution in [-0.4, -0.2) is 23.9 Å². The van der Waals surface area contributed by atoms with Crippen molar-refractivity contribution in [1.29, 1.82) is 0 Å². The number of benzene rings is 6. The fourth-order valence-corrected chi connectivity index (χ4v) is 7.39. The van der Waals surface area contributed by atoms with Gasteiger partial charge in [-0.3, -0.25) is 0 Å². The predicted molar refractivity (Wildman–Crippen MR) is 246 cm³/mol. The van der Waals surface area contributed by atoms with Crippen molar-refractivity contribution in [2.45, 2.75) is 44.9 Å². The Morgan fingerprint density at radius 2 is 0.714 bits per heavy atom. The van der Waals surface area contributed by atoms with E-state index in [1.54, 1.807) is 97.1 Å². The highest BCUT2D eigenvalue weighted by atomic mass is 16.5. The van der Waals surface area contributed by atoms with Gasteiger partial charge in [0, 0.05) is 16.5 Å². The summed E-state index contributed by atoms with van der Waals surface area (Å²) in [4.78, 5) is 53.9. The fraction of sp³-hybridized carbons (Fsp3) is 0.127. The van der Waals surface area contributed by atoms with Gasteiger partial charge >= 0.3 is 23.9 Å². The second-order valence-corrected chi connectivity index (χ2v) is 15.1. The van der Waals surface area contributed by atoms with Gasteiger partial charge in [-0.2, -0.15) is 0 Å². The zero-order chi connectivity index (χ0) is 44.9. The van der Waals surface area contributed by atoms with E-state index >= 15 is 0 Å². The van der Waals surface area contributed by atoms with Crippen molar-refractivity contribution in [3.8, 4) is 23.0 Å². The molecule has 0 unspecified atom stereocenters. The zero-order valence-corrected chi connectivity index (χ0v) is 35.4. The number of hydrogen-bond acceptors (Lipinski definition) is 8. The third kappa shape index (κ3) is 10.6. The monoisotopic (exact) mass is 836 g/mol. The summed E-state index contributed by atoms with van der Waals surface area (Å²) in [7, 11) is 0. The Labute approximate surface area is 368 Å². The number of hydrogen-bond donors (Lipinski definition) is 0. The number of rotatable bonds is 18. The minimum absolute atomic E-state index is 0.164. The van der Waals surface area contributed by atoms with E-state index in [9.17, 15) is 19.2 Å². The molecule has 63 heavy (non-hydrogen) atoms. The number of carbonyl (C=O) groups excluding carboxylic acids is 4. The van der Waals surface area contributed by atoms with E-state index in [2.05, 4.69) is 26.3 Å². The van der Waals surface area contributed by atoms with Crippen LogP contribution in [0.3, 0.4) is 0 Å². The van der Waals surface area contributed by atoms with E-state index in [1.807, 2.05) is 62.4 Å². The largest absolute Gasteiger partial charge is 0.423 e. The van der Waals surface area contributed by atoms with Crippen LogP contribution in [0.2, 0.25) is 0 Å². The van der Waals surface area contributed by atoms with Gasteiger partial charge in [-0.25, -0.2) is 19.2 Å². The summed E-state index contributed by atoms with van der Waals surface area (Å²) in [5.74, 6) is -1.07. The van der Waals surface area contributed by atoms with Crippen LogP contribution in [0.4, 0.5) is 0 Å². The van der Waals surface area contributed by atoms with Crippen LogP contribution >= 0.6 is 0 Å². The fourth-order valence-electron chi connectivity index (χ4n) is 7.39. The van der Waals surface area contributed by atoms with E-state index in [0.29, 0.717) is 48.7 Å². The normalized spacial score (nSPS) is 10.8. The molecule has 0 saturated carbocycles. The van der Waals surface area contributed by atoms with E-state index in [1.165, 1.54) is 12.1 Å². The van der Waals surface area contributed by atoms with E-state index in [-0.39, 0.29) is 22.3 Å². The van der Waals surface area contributed by atoms with Crippen molar-refractivity contribution < 1.29 is 38.1 Å². The molecule has 6 aromatic carbocycles. The first-order valence-electron chi connectivity index (χ1n) is 20.4. The van der Waals surface area contributed by atoms with Crippen molar-refractivity contribution in [1.82, 2.24) is 0 Å². The summed E-state index contributed by atoms with van der Waals surface area (Å²) in [6.45, 7) is 19.6. The molecule has 0 aliphatic carbocycles. The van der Waals surface area contributed by atoms with Gasteiger partial charge in [-0.1, -0.05) is 111 Å². The van der Waals surface area contributed by atoms with Crippen molar-refractivity contribution in [3.63, 3.8) is 0 Å². The summed E-state index contributed by atoms with van der Waals surface area (Å²) in [5, 5.41) is 0. The second-order valence-electron chi connectivity index (χ2n) is 15.1. The zero-order valence-electron chi connectivity index (χ0n) is 35.4. The first-order valence-corrected chi connectivity index (χ1v) is 20.4. The van der Waals surface area contributed by atoms with Gasteiger partial charge in [0.1, 0.15) is 23.0 Å². The molecule has 0 aromatic heterocycles. The summed E-state index contributed by atoms with van der Waals surface area (Å²) in [6.07, 6.45) is 8.71. The summed E-state index contributed by atoms with van der Waals surface area (Å²) < 4.78 is 23.5. The molecule has 0 spiro atoms. The summed E-state index contributed by atoms with van der Waals surface area (Å²) in [6, 6.07) is 37.8. The third-order valence-corrected chi connectivity index (χ3v) is 10.5. The average molecular weight is 837 g/mol. The summed E-state index contributed by atoms with van der Waals surface area (Å²) in [5.41, 5.74) is 4.72. The molecule has 8 nitrogen and oxygen atoms in total. The molecule has 0 heterocycles. The molecule has 0 bridgehead atoms. The molecule has 6 aromatic rings. The first-order chi connectivity index (χ1) is 30.5. The highest BCUT2D eigenvalue weighted by Crippen LogP contribution is 2.42. The van der Waals surface area contributed by atoms with Crippen molar-refractivity contribution in [2.75, 3.05) is 0 Å². The highest BCUT2D eigenvalue weighted by molar-refractivity contribution is 5.98. The molecule has 0 N–H and O–H groups in total. The molecule has 0 amide bonds. The van der Waals surface area contributed by atoms with E-state index < -0.39 is 29.3 Å². The van der Waals surface area contributed by atoms with Gasteiger partial charge in [0.2, 0.25) is 0 Å². The molecule has 8 heteroatoms. The van der Waals surface area contributed by atoms with Gasteiger partial charge < -0.3 is 18.9 Å². The molecule has 0 aliphatic heterocycles. The number of allylic oxidation sites excluding steroid dienone is 4. The lowest BCUT2D eigenvalue weighted by molar-refractivity contribution is 0.0714. The topological polar surface area (TPSA) is 105 Å². The van der Waals surface area contributed by atoms with Gasteiger partial charge in [-0.05, 0) is 109 Å². The van der Waals surface area contributed by atoms with Crippen LogP contribution in [0.1, 0.15) is 88.7 Å². The second kappa shape index (κ2) is 20.6. The van der Waals surface area contributed by atoms with Crippen LogP contribution in [0.15, 0.2) is 184 Å². The quantitative estimate of drug-likeness (QED) is 0.0479. The molecule has 6 rings (SSSR count). The number of carbonyl (C=O) groups is 4. The third-order valence-electron chi connectivity index (χ3n) is 10.5. The maximum Gasteiger partial charge on any atom is 0.343 e. The molecule has 0 fully saturated rings. The molecular formula is C55H48O8. The van der Waals surface area contributed by atoms with Gasteiger partial charge in [0.05, 0.1) is 22.3 Å². The van der Waals surface area contributed by atoms with Gasteiger partial charge in [-0.15, -0.1) is 26.3 Å². The Morgan fingerprint density at radius 3 is 1.06 bits per heavy atom. The minimum Gasteiger partial charge on any atom is -0.423 e. The molecule has 0 atom stereocenters. The summed E-state index contributed by atoms with van der Waals surface area (Å²) >= 11 is 0. The molecular weight excluding hydrogens is 789 g/mol. The Bertz CT molecular complexity index is 2540. The van der Waals surface area contributed by atoms with E-state index in [0.717, 1.165) is 33.4 Å². The smallest absolute Gasteiger partial charge is 0.343 e. The lowest BCUT2D eigenvalue weighted by Crippen LogP contribution is -2.24. The number of ether oxygens (including phenoxy) is 4. The maximum atomic E-state index is 13.8. The Kier molecular flexibility index (Phi) is 14.6. The first kappa shape index (κ1) is 44.7. The van der Waals surface area contributed by atoms with Crippen LogP contribution in [0.25, 0.3) is 0 Å². The lowest BCUT2D eigenvalue weighted by atomic mass is 9.73. The molecule has 0 saturated heterocycles.